The van der Waals surface area contributed by atoms with Crippen LogP contribution in [-0.4, -0.2) is 72.6 Å². The lowest BCUT2D eigenvalue weighted by molar-refractivity contribution is -0.141. The first-order valence-corrected chi connectivity index (χ1v) is 14.7. The molecule has 2 atom stereocenters. The second kappa shape index (κ2) is 14.3. The maximum atomic E-state index is 14.0. The monoisotopic (exact) mass is 625 g/mol. The van der Waals surface area contributed by atoms with Crippen molar-refractivity contribution in [2.75, 3.05) is 33.3 Å². The summed E-state index contributed by atoms with van der Waals surface area (Å²) in [6.45, 7) is 7.69. The first-order valence-electron chi connectivity index (χ1n) is 13.9. The molecule has 0 spiro atoms. The van der Waals surface area contributed by atoms with Crippen LogP contribution in [0.2, 0.25) is 0 Å². The van der Waals surface area contributed by atoms with Crippen LogP contribution in [0.15, 0.2) is 22.7 Å². The van der Waals surface area contributed by atoms with Gasteiger partial charge in [-0.05, 0) is 82.6 Å². The van der Waals surface area contributed by atoms with Crippen molar-refractivity contribution in [2.45, 2.75) is 77.4 Å². The number of hydrogen-bond donors (Lipinski definition) is 1. The molecule has 1 aromatic carbocycles. The lowest BCUT2D eigenvalue weighted by atomic mass is 9.91. The minimum absolute atomic E-state index is 0.0206. The minimum atomic E-state index is -0.760. The second-order valence-electron chi connectivity index (χ2n) is 11.7. The summed E-state index contributed by atoms with van der Waals surface area (Å²) < 4.78 is 24.8. The third-order valence-electron chi connectivity index (χ3n) is 7.38. The van der Waals surface area contributed by atoms with Gasteiger partial charge in [-0.25, -0.2) is 9.18 Å². The Morgan fingerprint density at radius 1 is 1.07 bits per heavy atom. The van der Waals surface area contributed by atoms with E-state index in [1.165, 1.54) is 19.2 Å². The molecule has 1 unspecified atom stereocenters. The zero-order valence-electron chi connectivity index (χ0n) is 23.8. The lowest BCUT2D eigenvalue weighted by Gasteiger charge is -2.35. The summed E-state index contributed by atoms with van der Waals surface area (Å²) in [4.78, 5) is 54.0. The summed E-state index contributed by atoms with van der Waals surface area (Å²) in [7, 11) is 1.26. The van der Waals surface area contributed by atoms with Crippen LogP contribution in [0.3, 0.4) is 0 Å². The van der Waals surface area contributed by atoms with Crippen molar-refractivity contribution in [1.82, 2.24) is 15.1 Å². The fourth-order valence-electron chi connectivity index (χ4n) is 5.20. The SMILES string of the molecule is COC(=O)CC(NC(=O)[C@@H]1CCCN(C(=O)CCC2CCN(C(=O)OC(C)(C)C)CC2)C1)c1cc(F)cc(Br)c1. The van der Waals surface area contributed by atoms with E-state index in [1.807, 2.05) is 20.8 Å². The molecule has 222 valence electrons. The topological polar surface area (TPSA) is 105 Å². The van der Waals surface area contributed by atoms with Gasteiger partial charge in [0.15, 0.2) is 0 Å². The predicted octanol–water partition coefficient (Wildman–Crippen LogP) is 4.97. The molecule has 2 saturated heterocycles. The largest absolute Gasteiger partial charge is 0.469 e. The van der Waals surface area contributed by atoms with Crippen molar-refractivity contribution in [2.24, 2.45) is 11.8 Å². The number of piperidine rings is 2. The Labute approximate surface area is 244 Å². The van der Waals surface area contributed by atoms with Crippen LogP contribution in [-0.2, 0) is 23.9 Å². The number of esters is 1. The van der Waals surface area contributed by atoms with Gasteiger partial charge in [0.05, 0.1) is 25.5 Å². The maximum absolute atomic E-state index is 14.0. The van der Waals surface area contributed by atoms with E-state index in [2.05, 4.69) is 21.2 Å². The Balaban J connectivity index is 1.50. The summed E-state index contributed by atoms with van der Waals surface area (Å²) in [5.74, 6) is -1.34. The number of hydrogen-bond acceptors (Lipinski definition) is 6. The highest BCUT2D eigenvalue weighted by Gasteiger charge is 2.32. The number of benzene rings is 1. The van der Waals surface area contributed by atoms with Crippen molar-refractivity contribution in [3.8, 4) is 0 Å². The molecule has 0 bridgehead atoms. The van der Waals surface area contributed by atoms with Crippen molar-refractivity contribution in [3.63, 3.8) is 0 Å². The van der Waals surface area contributed by atoms with E-state index in [0.717, 1.165) is 19.3 Å². The standard InChI is InChI=1S/C29H41BrFN3O6/c1-29(2,3)40-28(38)33-12-9-19(10-13-33)7-8-25(35)34-11-5-6-20(18-34)27(37)32-24(17-26(36)39-4)21-14-22(30)16-23(31)15-21/h14-16,19-20,24H,5-13,17-18H2,1-4H3,(H,32,37)/t20-,24?/m1/s1. The zero-order chi connectivity index (χ0) is 29.4. The second-order valence-corrected chi connectivity index (χ2v) is 12.6. The molecule has 1 aromatic rings. The normalized spacial score (nSPS) is 19.1. The van der Waals surface area contributed by atoms with E-state index in [4.69, 9.17) is 9.47 Å². The number of carbonyl (C=O) groups is 4. The Bertz CT molecular complexity index is 1050. The van der Waals surface area contributed by atoms with Gasteiger partial charge in [-0.3, -0.25) is 14.4 Å². The fourth-order valence-corrected chi connectivity index (χ4v) is 5.69. The average Bonchev–Trinajstić information content (AvgIpc) is 2.90. The van der Waals surface area contributed by atoms with Crippen LogP contribution >= 0.6 is 15.9 Å². The van der Waals surface area contributed by atoms with Gasteiger partial charge < -0.3 is 24.6 Å². The van der Waals surface area contributed by atoms with Crippen molar-refractivity contribution in [3.05, 3.63) is 34.1 Å². The van der Waals surface area contributed by atoms with Crippen LogP contribution in [0.1, 0.15) is 77.3 Å². The van der Waals surface area contributed by atoms with Gasteiger partial charge in [0.25, 0.3) is 0 Å². The Hall–Kier alpha value is -2.69. The van der Waals surface area contributed by atoms with Crippen LogP contribution in [0, 0.1) is 17.7 Å². The molecular formula is C29H41BrFN3O6. The van der Waals surface area contributed by atoms with Crippen LogP contribution in [0.4, 0.5) is 9.18 Å². The van der Waals surface area contributed by atoms with E-state index in [0.29, 0.717) is 61.4 Å². The Morgan fingerprint density at radius 2 is 1.77 bits per heavy atom. The molecule has 2 aliphatic rings. The third kappa shape index (κ3) is 9.74. The summed E-state index contributed by atoms with van der Waals surface area (Å²) in [6, 6.07) is 3.48. The summed E-state index contributed by atoms with van der Waals surface area (Å²) in [5.41, 5.74) is -0.0744. The molecule has 3 amide bonds. The number of carbonyl (C=O) groups excluding carboxylic acids is 4. The zero-order valence-corrected chi connectivity index (χ0v) is 25.4. The van der Waals surface area contributed by atoms with Crippen molar-refractivity contribution < 1.29 is 33.0 Å². The smallest absolute Gasteiger partial charge is 0.410 e. The molecular weight excluding hydrogens is 585 g/mol. The molecule has 2 heterocycles. The van der Waals surface area contributed by atoms with E-state index in [-0.39, 0.29) is 24.3 Å². The highest BCUT2D eigenvalue weighted by molar-refractivity contribution is 9.10. The number of amides is 3. The number of methoxy groups -OCH3 is 1. The molecule has 0 radical (unpaired) electrons. The van der Waals surface area contributed by atoms with Crippen LogP contribution in [0.5, 0.6) is 0 Å². The first-order chi connectivity index (χ1) is 18.8. The molecule has 40 heavy (non-hydrogen) atoms. The number of likely N-dealkylation sites (tertiary alicyclic amines) is 2. The van der Waals surface area contributed by atoms with Gasteiger partial charge in [0.2, 0.25) is 11.8 Å². The molecule has 2 aliphatic heterocycles. The fraction of sp³-hybridized carbons (Fsp3) is 0.655. The molecule has 9 nitrogen and oxygen atoms in total. The summed E-state index contributed by atoms with van der Waals surface area (Å²) in [6.07, 6.45) is 3.68. The van der Waals surface area contributed by atoms with Gasteiger partial charge in [-0.2, -0.15) is 0 Å². The highest BCUT2D eigenvalue weighted by atomic mass is 79.9. The van der Waals surface area contributed by atoms with E-state index >= 15 is 0 Å². The quantitative estimate of drug-likeness (QED) is 0.409. The number of nitrogens with zero attached hydrogens (tertiary/aromatic N) is 2. The van der Waals surface area contributed by atoms with Gasteiger partial charge in [0, 0.05) is 37.1 Å². The van der Waals surface area contributed by atoms with Crippen LogP contribution < -0.4 is 5.32 Å². The molecule has 11 heteroatoms. The first kappa shape index (κ1) is 31.8. The molecule has 2 fully saturated rings. The number of ether oxygens (including phenoxy) is 2. The molecule has 0 saturated carbocycles. The number of rotatable bonds is 8. The maximum Gasteiger partial charge on any atom is 0.410 e. The van der Waals surface area contributed by atoms with Gasteiger partial charge in [-0.15, -0.1) is 0 Å². The average molecular weight is 627 g/mol. The molecule has 0 aliphatic carbocycles. The van der Waals surface area contributed by atoms with Crippen molar-refractivity contribution >= 4 is 39.8 Å². The summed E-state index contributed by atoms with van der Waals surface area (Å²) in [5, 5.41) is 2.89. The number of nitrogens with one attached hydrogen (secondary N) is 1. The molecule has 3 rings (SSSR count). The minimum Gasteiger partial charge on any atom is -0.469 e. The van der Waals surface area contributed by atoms with Gasteiger partial charge >= 0.3 is 12.1 Å². The van der Waals surface area contributed by atoms with Crippen LogP contribution in [0.25, 0.3) is 0 Å². The Morgan fingerprint density at radius 3 is 2.40 bits per heavy atom. The van der Waals surface area contributed by atoms with E-state index in [9.17, 15) is 23.6 Å². The van der Waals surface area contributed by atoms with Gasteiger partial charge in [-0.1, -0.05) is 15.9 Å². The molecule has 1 N–H and O–H groups in total. The van der Waals surface area contributed by atoms with E-state index in [1.54, 1.807) is 15.9 Å². The van der Waals surface area contributed by atoms with E-state index < -0.39 is 29.3 Å². The molecule has 0 aromatic heterocycles. The number of halogens is 2. The summed E-state index contributed by atoms with van der Waals surface area (Å²) >= 11 is 3.26. The third-order valence-corrected chi connectivity index (χ3v) is 7.84. The lowest BCUT2D eigenvalue weighted by Crippen LogP contribution is -2.46. The van der Waals surface area contributed by atoms with Crippen molar-refractivity contribution in [1.29, 1.82) is 0 Å². The predicted molar refractivity (Wildman–Crippen MR) is 151 cm³/mol. The highest BCUT2D eigenvalue weighted by Crippen LogP contribution is 2.27. The Kier molecular flexibility index (Phi) is 11.4. The van der Waals surface area contributed by atoms with Gasteiger partial charge in [0.1, 0.15) is 11.4 Å².